The first-order valence-electron chi connectivity index (χ1n) is 8.80. The van der Waals surface area contributed by atoms with Gasteiger partial charge in [-0.05, 0) is 37.7 Å². The lowest BCUT2D eigenvalue weighted by atomic mass is 10.1. The number of benzene rings is 2. The minimum absolute atomic E-state index is 0.00999. The third kappa shape index (κ3) is 5.15. The Labute approximate surface area is 172 Å². The van der Waals surface area contributed by atoms with Crippen LogP contribution in [0.3, 0.4) is 0 Å². The minimum Gasteiger partial charge on any atom is -0.368 e. The number of nitrogens with two attached hydrogens (primary N) is 1. The molecule has 0 aliphatic rings. The van der Waals surface area contributed by atoms with Crippen LogP contribution in [-0.4, -0.2) is 31.8 Å². The van der Waals surface area contributed by atoms with E-state index in [-0.39, 0.29) is 17.7 Å². The maximum absolute atomic E-state index is 11.0. The summed E-state index contributed by atoms with van der Waals surface area (Å²) in [5, 5.41) is 14.6. The monoisotopic (exact) mass is 413 g/mol. The molecule has 3 rings (SSSR count). The summed E-state index contributed by atoms with van der Waals surface area (Å²) in [6.07, 6.45) is 0. The van der Waals surface area contributed by atoms with E-state index >= 15 is 0 Å². The summed E-state index contributed by atoms with van der Waals surface area (Å²) in [6, 6.07) is 13.6. The van der Waals surface area contributed by atoms with Crippen molar-refractivity contribution in [2.45, 2.75) is 19.5 Å². The zero-order valence-corrected chi connectivity index (χ0v) is 16.7. The van der Waals surface area contributed by atoms with Crippen molar-refractivity contribution in [1.82, 2.24) is 19.9 Å². The Balaban J connectivity index is 1.80. The highest BCUT2D eigenvalue weighted by atomic mass is 35.5. The number of nitrogens with zero attached hydrogens (tertiary/aromatic N) is 5. The molecule has 1 aromatic heterocycles. The van der Waals surface area contributed by atoms with Crippen LogP contribution in [-0.2, 0) is 6.54 Å². The van der Waals surface area contributed by atoms with Crippen molar-refractivity contribution in [2.75, 3.05) is 18.1 Å². The van der Waals surface area contributed by atoms with Gasteiger partial charge in [0.05, 0.1) is 11.0 Å². The molecule has 1 heterocycles. The molecule has 3 N–H and O–H groups in total. The van der Waals surface area contributed by atoms with Crippen molar-refractivity contribution >= 4 is 34.9 Å². The second-order valence-corrected chi connectivity index (χ2v) is 6.90. The standard InChI is InChI=1S/C19H20ClN7O2/c1-12(26(2)11-13-10-15(27(28)29)8-9-16(13)20)17-23-18(21)25-19(24-17)22-14-6-4-3-5-7-14/h3-10,12H,11H2,1-2H3,(H3,21,22,23,24,25). The van der Waals surface area contributed by atoms with Crippen LogP contribution < -0.4 is 11.1 Å². The minimum atomic E-state index is -0.447. The average molecular weight is 414 g/mol. The Morgan fingerprint density at radius 3 is 2.62 bits per heavy atom. The molecule has 0 aliphatic heterocycles. The molecule has 3 aromatic rings. The summed E-state index contributed by atoms with van der Waals surface area (Å²) in [5.74, 6) is 0.911. The zero-order chi connectivity index (χ0) is 21.0. The summed E-state index contributed by atoms with van der Waals surface area (Å²) >= 11 is 6.22. The van der Waals surface area contributed by atoms with Crippen molar-refractivity contribution in [3.63, 3.8) is 0 Å². The molecule has 2 aromatic carbocycles. The predicted octanol–water partition coefficient (Wildman–Crippen LogP) is 3.95. The van der Waals surface area contributed by atoms with Gasteiger partial charge in [0.25, 0.3) is 5.69 Å². The molecule has 1 atom stereocenters. The topological polar surface area (TPSA) is 123 Å². The van der Waals surface area contributed by atoms with Gasteiger partial charge in [-0.1, -0.05) is 29.8 Å². The fourth-order valence-electron chi connectivity index (χ4n) is 2.70. The van der Waals surface area contributed by atoms with Gasteiger partial charge in [0.15, 0.2) is 5.82 Å². The number of non-ortho nitro benzene ring substituents is 1. The number of rotatable bonds is 7. The number of halogens is 1. The summed E-state index contributed by atoms with van der Waals surface area (Å²) < 4.78 is 0. The van der Waals surface area contributed by atoms with Crippen molar-refractivity contribution in [3.8, 4) is 0 Å². The number of nitrogen functional groups attached to an aromatic ring is 1. The van der Waals surface area contributed by atoms with Crippen molar-refractivity contribution in [3.05, 3.63) is 75.1 Å². The number of anilines is 3. The lowest BCUT2D eigenvalue weighted by molar-refractivity contribution is -0.384. The van der Waals surface area contributed by atoms with Crippen molar-refractivity contribution < 1.29 is 4.92 Å². The molecule has 0 bridgehead atoms. The largest absolute Gasteiger partial charge is 0.368 e. The second kappa shape index (κ2) is 8.80. The van der Waals surface area contributed by atoms with E-state index in [0.717, 1.165) is 5.69 Å². The molecule has 150 valence electrons. The Morgan fingerprint density at radius 2 is 1.93 bits per heavy atom. The highest BCUT2D eigenvalue weighted by molar-refractivity contribution is 6.31. The van der Waals surface area contributed by atoms with E-state index in [1.165, 1.54) is 18.2 Å². The van der Waals surface area contributed by atoms with Crippen LogP contribution in [0.25, 0.3) is 0 Å². The maximum atomic E-state index is 11.0. The SMILES string of the molecule is CC(c1nc(N)nc(Nc2ccccc2)n1)N(C)Cc1cc([N+](=O)[O-])ccc1Cl. The number of hydrogen-bond acceptors (Lipinski definition) is 8. The molecule has 0 amide bonds. The third-order valence-corrected chi connectivity index (χ3v) is 4.76. The van der Waals surface area contributed by atoms with Gasteiger partial charge in [0, 0.05) is 29.4 Å². The molecule has 29 heavy (non-hydrogen) atoms. The third-order valence-electron chi connectivity index (χ3n) is 4.39. The van der Waals surface area contributed by atoms with Crippen LogP contribution in [0.15, 0.2) is 48.5 Å². The molecule has 1 unspecified atom stereocenters. The first-order valence-corrected chi connectivity index (χ1v) is 9.18. The molecule has 0 aliphatic carbocycles. The van der Waals surface area contributed by atoms with Crippen LogP contribution >= 0.6 is 11.6 Å². The van der Waals surface area contributed by atoms with E-state index in [9.17, 15) is 10.1 Å². The predicted molar refractivity (Wildman–Crippen MR) is 112 cm³/mol. The highest BCUT2D eigenvalue weighted by Gasteiger charge is 2.19. The normalized spacial score (nSPS) is 12.0. The van der Waals surface area contributed by atoms with E-state index in [0.29, 0.717) is 28.9 Å². The molecule has 9 nitrogen and oxygen atoms in total. The molecule has 0 fully saturated rings. The number of hydrogen-bond donors (Lipinski definition) is 2. The van der Waals surface area contributed by atoms with Crippen molar-refractivity contribution in [2.24, 2.45) is 0 Å². The second-order valence-electron chi connectivity index (χ2n) is 6.49. The Hall–Kier alpha value is -3.30. The summed E-state index contributed by atoms with van der Waals surface area (Å²) in [5.41, 5.74) is 7.32. The summed E-state index contributed by atoms with van der Waals surface area (Å²) in [6.45, 7) is 2.28. The molecular weight excluding hydrogens is 394 g/mol. The smallest absolute Gasteiger partial charge is 0.269 e. The number of nitro benzene ring substituents is 1. The van der Waals surface area contributed by atoms with Gasteiger partial charge in [-0.3, -0.25) is 15.0 Å². The van der Waals surface area contributed by atoms with Crippen LogP contribution in [0, 0.1) is 10.1 Å². The van der Waals surface area contributed by atoms with E-state index < -0.39 is 4.92 Å². The summed E-state index contributed by atoms with van der Waals surface area (Å²) in [7, 11) is 1.85. The van der Waals surface area contributed by atoms with Gasteiger partial charge >= 0.3 is 0 Å². The van der Waals surface area contributed by atoms with Gasteiger partial charge < -0.3 is 11.1 Å². The Kier molecular flexibility index (Phi) is 6.20. The number of aromatic nitrogens is 3. The molecule has 10 heteroatoms. The van der Waals surface area contributed by atoms with Crippen LogP contribution in [0.5, 0.6) is 0 Å². The van der Waals surface area contributed by atoms with Gasteiger partial charge in [0.2, 0.25) is 11.9 Å². The first kappa shape index (κ1) is 20.4. The Morgan fingerprint density at radius 1 is 1.21 bits per heavy atom. The van der Waals surface area contributed by atoms with Crippen LogP contribution in [0.1, 0.15) is 24.4 Å². The lowest BCUT2D eigenvalue weighted by Gasteiger charge is -2.24. The van der Waals surface area contributed by atoms with Gasteiger partial charge in [0.1, 0.15) is 0 Å². The number of nitrogens with one attached hydrogen (secondary N) is 1. The Bertz CT molecular complexity index is 1020. The van der Waals surface area contributed by atoms with E-state index in [1.54, 1.807) is 0 Å². The number of nitro groups is 1. The number of para-hydroxylation sites is 1. The maximum Gasteiger partial charge on any atom is 0.269 e. The van der Waals surface area contributed by atoms with E-state index in [1.807, 2.05) is 49.2 Å². The molecule has 0 spiro atoms. The van der Waals surface area contributed by atoms with Gasteiger partial charge in [-0.25, -0.2) is 0 Å². The molecular formula is C19H20ClN7O2. The zero-order valence-electron chi connectivity index (χ0n) is 15.9. The van der Waals surface area contributed by atoms with Gasteiger partial charge in [-0.2, -0.15) is 15.0 Å². The first-order chi connectivity index (χ1) is 13.8. The van der Waals surface area contributed by atoms with Crippen LogP contribution in [0.2, 0.25) is 5.02 Å². The van der Waals surface area contributed by atoms with E-state index in [2.05, 4.69) is 20.3 Å². The lowest BCUT2D eigenvalue weighted by Crippen LogP contribution is -2.24. The summed E-state index contributed by atoms with van der Waals surface area (Å²) in [4.78, 5) is 25.3. The van der Waals surface area contributed by atoms with E-state index in [4.69, 9.17) is 17.3 Å². The quantitative estimate of drug-likeness (QED) is 0.440. The van der Waals surface area contributed by atoms with Gasteiger partial charge in [-0.15, -0.1) is 0 Å². The fraction of sp³-hybridized carbons (Fsp3) is 0.211. The highest BCUT2D eigenvalue weighted by Crippen LogP contribution is 2.26. The average Bonchev–Trinajstić information content (AvgIpc) is 2.69. The van der Waals surface area contributed by atoms with Crippen LogP contribution in [0.4, 0.5) is 23.3 Å². The molecule has 0 radical (unpaired) electrons. The molecule has 0 saturated heterocycles. The van der Waals surface area contributed by atoms with Crippen molar-refractivity contribution in [1.29, 1.82) is 0 Å². The fourth-order valence-corrected chi connectivity index (χ4v) is 2.88. The molecule has 0 saturated carbocycles.